The van der Waals surface area contributed by atoms with Gasteiger partial charge in [0.05, 0.1) is 6.04 Å². The van der Waals surface area contributed by atoms with Crippen molar-refractivity contribution in [1.82, 2.24) is 10.6 Å². The number of alkyl halides is 3. The molecule has 1 aliphatic heterocycles. The zero-order valence-corrected chi connectivity index (χ0v) is 11.4. The third-order valence-electron chi connectivity index (χ3n) is 3.77. The summed E-state index contributed by atoms with van der Waals surface area (Å²) >= 11 is 0. The summed E-state index contributed by atoms with van der Waals surface area (Å²) in [5.74, 6) is -2.79. The van der Waals surface area contributed by atoms with E-state index in [1.54, 1.807) is 5.32 Å². The lowest BCUT2D eigenvalue weighted by Crippen LogP contribution is -2.65. The minimum atomic E-state index is -5.06. The second kappa shape index (κ2) is 5.99. The van der Waals surface area contributed by atoms with Crippen molar-refractivity contribution >= 4 is 11.9 Å². The van der Waals surface area contributed by atoms with E-state index < -0.39 is 29.6 Å². The Morgan fingerprint density at radius 2 is 2.00 bits per heavy atom. The third-order valence-corrected chi connectivity index (χ3v) is 3.77. The smallest absolute Gasteiger partial charge is 0.422 e. The van der Waals surface area contributed by atoms with E-state index in [1.807, 2.05) is 6.92 Å². The van der Waals surface area contributed by atoms with Gasteiger partial charge in [0.25, 0.3) is 0 Å². The van der Waals surface area contributed by atoms with E-state index in [1.165, 1.54) is 0 Å². The van der Waals surface area contributed by atoms with Crippen molar-refractivity contribution in [2.75, 3.05) is 6.54 Å². The molecule has 20 heavy (non-hydrogen) atoms. The molecule has 1 saturated heterocycles. The van der Waals surface area contributed by atoms with Gasteiger partial charge >= 0.3 is 12.1 Å². The molecule has 0 spiro atoms. The minimum Gasteiger partial charge on any atom is -0.479 e. The van der Waals surface area contributed by atoms with Gasteiger partial charge in [0.15, 0.2) is 0 Å². The molecule has 5 nitrogen and oxygen atoms in total. The number of carboxylic acids is 1. The van der Waals surface area contributed by atoms with Crippen LogP contribution in [0.1, 0.15) is 33.1 Å². The number of carbonyl (C=O) groups excluding carboxylic acids is 1. The van der Waals surface area contributed by atoms with Crippen LogP contribution >= 0.6 is 0 Å². The highest BCUT2D eigenvalue weighted by Crippen LogP contribution is 2.31. The lowest BCUT2D eigenvalue weighted by atomic mass is 9.89. The first-order chi connectivity index (χ1) is 9.11. The quantitative estimate of drug-likeness (QED) is 0.730. The topological polar surface area (TPSA) is 78.4 Å². The number of piperidine rings is 1. The van der Waals surface area contributed by atoms with Crippen molar-refractivity contribution in [2.45, 2.75) is 50.9 Å². The summed E-state index contributed by atoms with van der Waals surface area (Å²) in [6.45, 7) is 2.93. The van der Waals surface area contributed by atoms with Gasteiger partial charge in [0.2, 0.25) is 11.4 Å². The Kier molecular flexibility index (Phi) is 5.01. The van der Waals surface area contributed by atoms with Gasteiger partial charge in [-0.25, -0.2) is 4.79 Å². The number of hydrogen-bond acceptors (Lipinski definition) is 3. The van der Waals surface area contributed by atoms with Crippen molar-refractivity contribution in [3.63, 3.8) is 0 Å². The predicted octanol–water partition coefficient (Wildman–Crippen LogP) is 1.29. The number of carboxylic acid groups (broad SMARTS) is 1. The fourth-order valence-corrected chi connectivity index (χ4v) is 2.15. The van der Waals surface area contributed by atoms with Crippen molar-refractivity contribution in [2.24, 2.45) is 5.92 Å². The first-order valence-corrected chi connectivity index (χ1v) is 6.47. The minimum absolute atomic E-state index is 0.258. The van der Waals surface area contributed by atoms with Crippen LogP contribution in [-0.2, 0) is 9.59 Å². The molecule has 0 bridgehead atoms. The molecule has 0 aliphatic carbocycles. The van der Waals surface area contributed by atoms with Crippen LogP contribution in [0, 0.1) is 5.92 Å². The van der Waals surface area contributed by atoms with Crippen LogP contribution in [0.2, 0.25) is 0 Å². The zero-order valence-electron chi connectivity index (χ0n) is 11.4. The Bertz CT molecular complexity index is 387. The fraction of sp³-hybridized carbons (Fsp3) is 0.833. The Hall–Kier alpha value is -1.31. The van der Waals surface area contributed by atoms with E-state index in [9.17, 15) is 22.8 Å². The maximum atomic E-state index is 12.8. The van der Waals surface area contributed by atoms with Crippen LogP contribution in [0.5, 0.6) is 0 Å². The van der Waals surface area contributed by atoms with Crippen molar-refractivity contribution in [3.05, 3.63) is 0 Å². The maximum Gasteiger partial charge on any atom is 0.422 e. The molecular weight excluding hydrogens is 277 g/mol. The first-order valence-electron chi connectivity index (χ1n) is 6.47. The van der Waals surface area contributed by atoms with Gasteiger partial charge in [0, 0.05) is 0 Å². The summed E-state index contributed by atoms with van der Waals surface area (Å²) < 4.78 is 38.4. The van der Waals surface area contributed by atoms with Crippen LogP contribution < -0.4 is 10.6 Å². The molecular formula is C12H19F3N2O3. The summed E-state index contributed by atoms with van der Waals surface area (Å²) in [4.78, 5) is 22.7. The van der Waals surface area contributed by atoms with Gasteiger partial charge in [-0.15, -0.1) is 0 Å². The molecule has 1 rings (SSSR count). The van der Waals surface area contributed by atoms with Crippen LogP contribution in [0.3, 0.4) is 0 Å². The molecule has 0 aromatic carbocycles. The fourth-order valence-electron chi connectivity index (χ4n) is 2.15. The van der Waals surface area contributed by atoms with Gasteiger partial charge in [-0.1, -0.05) is 13.3 Å². The lowest BCUT2D eigenvalue weighted by molar-refractivity contribution is -0.207. The molecule has 8 heteroatoms. The summed E-state index contributed by atoms with van der Waals surface area (Å²) in [6.07, 6.45) is -2.96. The summed E-state index contributed by atoms with van der Waals surface area (Å²) in [5.41, 5.74) is -3.27. The highest BCUT2D eigenvalue weighted by Gasteiger charge is 2.58. The maximum absolute atomic E-state index is 12.8. The second-order valence-corrected chi connectivity index (χ2v) is 5.22. The average molecular weight is 296 g/mol. The molecule has 3 atom stereocenters. The van der Waals surface area contributed by atoms with E-state index in [0.29, 0.717) is 19.9 Å². The Morgan fingerprint density at radius 3 is 2.45 bits per heavy atom. The molecule has 3 unspecified atom stereocenters. The van der Waals surface area contributed by atoms with Crippen LogP contribution in [0.15, 0.2) is 0 Å². The summed E-state index contributed by atoms with van der Waals surface area (Å²) in [6, 6.07) is -0.783. The van der Waals surface area contributed by atoms with Crippen LogP contribution in [0.25, 0.3) is 0 Å². The molecule has 3 N–H and O–H groups in total. The molecule has 1 amide bonds. The van der Waals surface area contributed by atoms with Crippen molar-refractivity contribution < 1.29 is 27.9 Å². The van der Waals surface area contributed by atoms with Gasteiger partial charge in [0.1, 0.15) is 0 Å². The molecule has 1 fully saturated rings. The molecule has 0 aromatic rings. The van der Waals surface area contributed by atoms with E-state index in [4.69, 9.17) is 5.11 Å². The number of hydrogen-bond donors (Lipinski definition) is 3. The Morgan fingerprint density at radius 1 is 1.40 bits per heavy atom. The van der Waals surface area contributed by atoms with E-state index >= 15 is 0 Å². The summed E-state index contributed by atoms with van der Waals surface area (Å²) in [5, 5.41) is 13.2. The van der Waals surface area contributed by atoms with Gasteiger partial charge < -0.3 is 15.7 Å². The number of amides is 1. The number of aliphatic carboxylic acids is 1. The van der Waals surface area contributed by atoms with Gasteiger partial charge in [-0.3, -0.25) is 4.79 Å². The predicted molar refractivity (Wildman–Crippen MR) is 65.0 cm³/mol. The van der Waals surface area contributed by atoms with Crippen LogP contribution in [-0.4, -0.2) is 41.3 Å². The second-order valence-electron chi connectivity index (χ2n) is 5.22. The third kappa shape index (κ3) is 3.41. The van der Waals surface area contributed by atoms with Crippen molar-refractivity contribution in [1.29, 1.82) is 0 Å². The number of nitrogens with one attached hydrogen (secondary N) is 2. The Balaban J connectivity index is 2.79. The SMILES string of the molecule is CCC1CCNC(C(=O)NC(C)(C(=O)O)C(F)(F)F)C1. The van der Waals surface area contributed by atoms with Crippen LogP contribution in [0.4, 0.5) is 13.2 Å². The van der Waals surface area contributed by atoms with E-state index in [0.717, 1.165) is 12.8 Å². The standard InChI is InChI=1S/C12H19F3N2O3/c1-3-7-4-5-16-8(6-7)9(18)17-11(2,10(19)20)12(13,14)15/h7-8,16H,3-6H2,1-2H3,(H,17,18)(H,19,20). The number of carbonyl (C=O) groups is 2. The molecule has 1 heterocycles. The van der Waals surface area contributed by atoms with E-state index in [2.05, 4.69) is 5.32 Å². The molecule has 0 aromatic heterocycles. The highest BCUT2D eigenvalue weighted by molar-refractivity contribution is 5.90. The number of halogens is 3. The molecule has 0 radical (unpaired) electrons. The zero-order chi connectivity index (χ0) is 15.6. The summed E-state index contributed by atoms with van der Waals surface area (Å²) in [7, 11) is 0. The largest absolute Gasteiger partial charge is 0.479 e. The lowest BCUT2D eigenvalue weighted by Gasteiger charge is -2.33. The average Bonchev–Trinajstić information content (AvgIpc) is 2.37. The Labute approximate surface area is 114 Å². The monoisotopic (exact) mass is 296 g/mol. The highest BCUT2D eigenvalue weighted by atomic mass is 19.4. The van der Waals surface area contributed by atoms with Crippen molar-refractivity contribution in [3.8, 4) is 0 Å². The molecule has 116 valence electrons. The van der Waals surface area contributed by atoms with Gasteiger partial charge in [-0.05, 0) is 32.2 Å². The normalized spacial score (nSPS) is 26.6. The molecule has 0 saturated carbocycles. The van der Waals surface area contributed by atoms with Gasteiger partial charge in [-0.2, -0.15) is 13.2 Å². The molecule has 1 aliphatic rings. The first kappa shape index (κ1) is 16.7. The number of rotatable bonds is 4. The van der Waals surface area contributed by atoms with E-state index in [-0.39, 0.29) is 5.92 Å².